The molecule has 2 N–H and O–H groups in total. The van der Waals surface area contributed by atoms with E-state index in [1.54, 1.807) is 56.3 Å². The van der Waals surface area contributed by atoms with Gasteiger partial charge < -0.3 is 19.8 Å². The van der Waals surface area contributed by atoms with Crippen LogP contribution in [0.15, 0.2) is 57.7 Å². The van der Waals surface area contributed by atoms with Crippen LogP contribution in [0.1, 0.15) is 24.2 Å². The van der Waals surface area contributed by atoms with Gasteiger partial charge in [-0.05, 0) is 44.2 Å². The smallest absolute Gasteiger partial charge is 0.349 e. The highest BCUT2D eigenvalue weighted by molar-refractivity contribution is 6.06. The van der Waals surface area contributed by atoms with E-state index in [0.29, 0.717) is 28.1 Å². The van der Waals surface area contributed by atoms with Crippen LogP contribution in [0.2, 0.25) is 0 Å². The van der Waals surface area contributed by atoms with Gasteiger partial charge in [0.2, 0.25) is 0 Å². The van der Waals surface area contributed by atoms with Crippen LogP contribution in [-0.4, -0.2) is 17.4 Å². The van der Waals surface area contributed by atoms with Gasteiger partial charge in [-0.1, -0.05) is 18.2 Å². The van der Waals surface area contributed by atoms with Crippen molar-refractivity contribution in [3.05, 3.63) is 64.5 Å². The van der Waals surface area contributed by atoms with Crippen molar-refractivity contribution in [2.45, 2.75) is 19.4 Å². The molecular weight excluding hydrogens is 348 g/mol. The fourth-order valence-electron chi connectivity index (χ4n) is 2.81. The van der Waals surface area contributed by atoms with Gasteiger partial charge in [-0.3, -0.25) is 9.59 Å². The average Bonchev–Trinajstić information content (AvgIpc) is 2.62. The lowest BCUT2D eigenvalue weighted by Crippen LogP contribution is -2.45. The zero-order valence-electron chi connectivity index (χ0n) is 14.7. The summed E-state index contributed by atoms with van der Waals surface area (Å²) in [6.45, 7) is 3.33. The third-order valence-electron chi connectivity index (χ3n) is 4.28. The number of hydrogen-bond donors (Lipinski definition) is 2. The number of rotatable bonds is 2. The molecule has 2 aromatic carbocycles. The number of carbonyl (C=O) groups is 2. The van der Waals surface area contributed by atoms with Gasteiger partial charge >= 0.3 is 5.63 Å². The number of anilines is 2. The Labute approximate surface area is 153 Å². The first kappa shape index (κ1) is 16.8. The number of hydrogen-bond acceptors (Lipinski definition) is 5. The summed E-state index contributed by atoms with van der Waals surface area (Å²) in [7, 11) is 0. The van der Waals surface area contributed by atoms with Crippen LogP contribution in [0.4, 0.5) is 11.4 Å². The number of carbonyl (C=O) groups excluding carboxylic acids is 2. The van der Waals surface area contributed by atoms with E-state index >= 15 is 0 Å². The molecule has 1 aromatic heterocycles. The van der Waals surface area contributed by atoms with Gasteiger partial charge in [0.05, 0.1) is 5.69 Å². The molecule has 2 heterocycles. The fourth-order valence-corrected chi connectivity index (χ4v) is 2.81. The van der Waals surface area contributed by atoms with Gasteiger partial charge in [0.1, 0.15) is 16.9 Å². The summed E-state index contributed by atoms with van der Waals surface area (Å²) >= 11 is 0. The molecule has 4 rings (SSSR count). The quantitative estimate of drug-likeness (QED) is 0.681. The summed E-state index contributed by atoms with van der Waals surface area (Å²) in [6.07, 6.45) is 0. The molecule has 1 aliphatic heterocycles. The summed E-state index contributed by atoms with van der Waals surface area (Å²) in [4.78, 5) is 36.7. The molecule has 0 saturated carbocycles. The molecule has 0 radical (unpaired) electrons. The first-order chi connectivity index (χ1) is 12.8. The maximum absolute atomic E-state index is 12.5. The van der Waals surface area contributed by atoms with Crippen molar-refractivity contribution in [3.8, 4) is 5.75 Å². The van der Waals surface area contributed by atoms with Crippen molar-refractivity contribution in [2.24, 2.45) is 0 Å². The third kappa shape index (κ3) is 3.03. The van der Waals surface area contributed by atoms with Crippen molar-refractivity contribution in [1.29, 1.82) is 0 Å². The molecule has 0 saturated heterocycles. The molecule has 0 aliphatic carbocycles. The molecule has 2 amide bonds. The van der Waals surface area contributed by atoms with Gasteiger partial charge in [-0.15, -0.1) is 0 Å². The lowest BCUT2D eigenvalue weighted by atomic mass is 10.1. The van der Waals surface area contributed by atoms with Crippen molar-refractivity contribution in [1.82, 2.24) is 0 Å². The van der Waals surface area contributed by atoms with Gasteiger partial charge in [0, 0.05) is 11.1 Å². The Hall–Kier alpha value is -3.61. The Morgan fingerprint density at radius 3 is 2.67 bits per heavy atom. The summed E-state index contributed by atoms with van der Waals surface area (Å²) < 4.78 is 10.8. The van der Waals surface area contributed by atoms with E-state index in [-0.39, 0.29) is 11.5 Å². The molecule has 136 valence electrons. The SMILES string of the molecule is CC1(C)Oc2ccc(NC(=O)c3cc4ccccc4oc3=O)cc2NC1=O. The van der Waals surface area contributed by atoms with E-state index in [2.05, 4.69) is 10.6 Å². The third-order valence-corrected chi connectivity index (χ3v) is 4.28. The molecule has 3 aromatic rings. The summed E-state index contributed by atoms with van der Waals surface area (Å²) in [5.41, 5.74) is -0.523. The Balaban J connectivity index is 1.63. The average molecular weight is 364 g/mol. The van der Waals surface area contributed by atoms with Crippen molar-refractivity contribution < 1.29 is 18.7 Å². The summed E-state index contributed by atoms with van der Waals surface area (Å²) in [5, 5.41) is 6.04. The fraction of sp³-hybridized carbons (Fsp3) is 0.150. The number of fused-ring (bicyclic) bond motifs is 2. The molecule has 0 fully saturated rings. The highest BCUT2D eigenvalue weighted by Crippen LogP contribution is 2.35. The lowest BCUT2D eigenvalue weighted by molar-refractivity contribution is -0.129. The minimum atomic E-state index is -0.970. The van der Waals surface area contributed by atoms with E-state index in [1.165, 1.54) is 6.07 Å². The second-order valence-corrected chi connectivity index (χ2v) is 6.72. The maximum Gasteiger partial charge on any atom is 0.349 e. The Kier molecular flexibility index (Phi) is 3.73. The van der Waals surface area contributed by atoms with E-state index in [4.69, 9.17) is 9.15 Å². The normalized spacial score (nSPS) is 14.8. The van der Waals surface area contributed by atoms with E-state index in [9.17, 15) is 14.4 Å². The van der Waals surface area contributed by atoms with Gasteiger partial charge in [-0.25, -0.2) is 4.79 Å². The lowest BCUT2D eigenvalue weighted by Gasteiger charge is -2.31. The monoisotopic (exact) mass is 364 g/mol. The van der Waals surface area contributed by atoms with Crippen LogP contribution >= 0.6 is 0 Å². The Bertz CT molecular complexity index is 1150. The summed E-state index contributed by atoms with van der Waals surface area (Å²) in [6, 6.07) is 13.3. The first-order valence-electron chi connectivity index (χ1n) is 8.32. The topological polar surface area (TPSA) is 97.6 Å². The number of nitrogens with one attached hydrogen (secondary N) is 2. The largest absolute Gasteiger partial charge is 0.476 e. The number of ether oxygens (including phenoxy) is 1. The first-order valence-corrected chi connectivity index (χ1v) is 8.32. The zero-order valence-corrected chi connectivity index (χ0v) is 14.7. The summed E-state index contributed by atoms with van der Waals surface area (Å²) in [5.74, 6) is -0.380. The molecule has 0 atom stereocenters. The minimum absolute atomic E-state index is 0.104. The van der Waals surface area contributed by atoms with Crippen LogP contribution in [0, 0.1) is 0 Å². The number of para-hydroxylation sites is 1. The van der Waals surface area contributed by atoms with E-state index < -0.39 is 17.1 Å². The highest BCUT2D eigenvalue weighted by Gasteiger charge is 2.35. The number of amides is 2. The van der Waals surface area contributed by atoms with Crippen molar-refractivity contribution in [3.63, 3.8) is 0 Å². The van der Waals surface area contributed by atoms with E-state index in [0.717, 1.165) is 0 Å². The maximum atomic E-state index is 12.5. The van der Waals surface area contributed by atoms with Crippen molar-refractivity contribution in [2.75, 3.05) is 10.6 Å². The van der Waals surface area contributed by atoms with Crippen molar-refractivity contribution >= 4 is 34.2 Å². The predicted molar refractivity (Wildman–Crippen MR) is 100 cm³/mol. The molecule has 0 bridgehead atoms. The standard InChI is InChI=1S/C20H16N2O5/c1-20(2)19(25)22-14-10-12(7-8-16(14)27-20)21-17(23)13-9-11-5-3-4-6-15(11)26-18(13)24/h3-10H,1-2H3,(H,21,23)(H,22,25). The molecule has 0 spiro atoms. The molecule has 0 unspecified atom stereocenters. The van der Waals surface area contributed by atoms with Crippen LogP contribution in [0.25, 0.3) is 11.0 Å². The predicted octanol–water partition coefficient (Wildman–Crippen LogP) is 3.15. The molecule has 7 heteroatoms. The van der Waals surface area contributed by atoms with Gasteiger partial charge in [-0.2, -0.15) is 0 Å². The molecule has 27 heavy (non-hydrogen) atoms. The molecular formula is C20H16N2O5. The Morgan fingerprint density at radius 2 is 1.85 bits per heavy atom. The van der Waals surface area contributed by atoms with Gasteiger partial charge in [0.25, 0.3) is 11.8 Å². The molecule has 1 aliphatic rings. The van der Waals surface area contributed by atoms with E-state index in [1.807, 2.05) is 0 Å². The van der Waals surface area contributed by atoms with Gasteiger partial charge in [0.15, 0.2) is 5.60 Å². The second-order valence-electron chi connectivity index (χ2n) is 6.72. The Morgan fingerprint density at radius 1 is 1.07 bits per heavy atom. The minimum Gasteiger partial charge on any atom is -0.476 e. The highest BCUT2D eigenvalue weighted by atomic mass is 16.5. The molecule has 7 nitrogen and oxygen atoms in total. The zero-order chi connectivity index (χ0) is 19.2. The second kappa shape index (κ2) is 5.98. The van der Waals surface area contributed by atoms with Crippen LogP contribution in [0.5, 0.6) is 5.75 Å². The van der Waals surface area contributed by atoms with Crippen LogP contribution in [-0.2, 0) is 4.79 Å². The van der Waals surface area contributed by atoms with Crippen LogP contribution < -0.4 is 21.0 Å². The van der Waals surface area contributed by atoms with Crippen LogP contribution in [0.3, 0.4) is 0 Å². The number of benzene rings is 2.